The van der Waals surface area contributed by atoms with Crippen molar-refractivity contribution in [3.63, 3.8) is 0 Å². The third-order valence-corrected chi connectivity index (χ3v) is 3.26. The van der Waals surface area contributed by atoms with Gasteiger partial charge in [-0.1, -0.05) is 18.2 Å². The van der Waals surface area contributed by atoms with Crippen LogP contribution in [0.5, 0.6) is 5.75 Å². The molecule has 0 aliphatic rings. The van der Waals surface area contributed by atoms with Crippen LogP contribution in [0.25, 0.3) is 22.7 Å². The highest BCUT2D eigenvalue weighted by Gasteiger charge is 2.10. The maximum absolute atomic E-state index is 13.2. The number of benzene rings is 2. The Kier molecular flexibility index (Phi) is 3.58. The Labute approximate surface area is 126 Å². The van der Waals surface area contributed by atoms with Crippen LogP contribution in [0.1, 0.15) is 11.4 Å². The van der Waals surface area contributed by atoms with E-state index in [2.05, 4.69) is 16.0 Å². The van der Waals surface area contributed by atoms with Gasteiger partial charge in [-0.15, -0.1) is 0 Å². The van der Waals surface area contributed by atoms with Crippen molar-refractivity contribution in [2.24, 2.45) is 0 Å². The number of imidazole rings is 1. The van der Waals surface area contributed by atoms with E-state index >= 15 is 0 Å². The number of hydrogen-bond acceptors (Lipinski definition) is 3. The number of allylic oxidation sites excluding steroid dienone is 1. The van der Waals surface area contributed by atoms with E-state index in [0.717, 1.165) is 5.56 Å². The minimum absolute atomic E-state index is 0.348. The summed E-state index contributed by atoms with van der Waals surface area (Å²) >= 11 is 0. The van der Waals surface area contributed by atoms with E-state index < -0.39 is 0 Å². The van der Waals surface area contributed by atoms with Gasteiger partial charge in [0, 0.05) is 5.56 Å². The lowest BCUT2D eigenvalue weighted by Gasteiger charge is -2.03. The molecule has 3 aromatic rings. The fourth-order valence-corrected chi connectivity index (χ4v) is 2.20. The normalized spacial score (nSPS) is 11.4. The van der Waals surface area contributed by atoms with Crippen molar-refractivity contribution in [2.45, 2.75) is 0 Å². The molecule has 0 aliphatic heterocycles. The molecule has 0 saturated carbocycles. The zero-order chi connectivity index (χ0) is 15.5. The molecule has 0 unspecified atom stereocenters. The van der Waals surface area contributed by atoms with Crippen molar-refractivity contribution in [3.8, 4) is 11.8 Å². The Morgan fingerprint density at radius 1 is 1.32 bits per heavy atom. The molecular weight excluding hydrogens is 281 g/mol. The van der Waals surface area contributed by atoms with Crippen LogP contribution in [0, 0.1) is 17.1 Å². The first-order chi connectivity index (χ1) is 10.7. The molecule has 1 N–H and O–H groups in total. The molecular formula is C17H12FN3O. The van der Waals surface area contributed by atoms with Gasteiger partial charge in [-0.05, 0) is 30.3 Å². The van der Waals surface area contributed by atoms with Gasteiger partial charge < -0.3 is 9.72 Å². The van der Waals surface area contributed by atoms with Gasteiger partial charge in [0.2, 0.25) is 0 Å². The van der Waals surface area contributed by atoms with E-state index in [1.807, 2.05) is 24.3 Å². The number of aromatic nitrogens is 2. The summed E-state index contributed by atoms with van der Waals surface area (Å²) in [6.07, 6.45) is 1.69. The monoisotopic (exact) mass is 293 g/mol. The maximum Gasteiger partial charge on any atom is 0.149 e. The lowest BCUT2D eigenvalue weighted by Crippen LogP contribution is -1.89. The molecule has 0 spiro atoms. The number of fused-ring (bicyclic) bond motifs is 1. The quantitative estimate of drug-likeness (QED) is 0.748. The van der Waals surface area contributed by atoms with Gasteiger partial charge in [-0.25, -0.2) is 9.37 Å². The second-order valence-corrected chi connectivity index (χ2v) is 4.66. The average molecular weight is 293 g/mol. The van der Waals surface area contributed by atoms with Crippen molar-refractivity contribution in [3.05, 3.63) is 59.7 Å². The fourth-order valence-electron chi connectivity index (χ4n) is 2.20. The summed E-state index contributed by atoms with van der Waals surface area (Å²) in [7, 11) is 1.57. The Bertz CT molecular complexity index is 906. The highest BCUT2D eigenvalue weighted by Crippen LogP contribution is 2.24. The molecule has 108 valence electrons. The molecule has 5 heteroatoms. The van der Waals surface area contributed by atoms with Crippen LogP contribution in [-0.4, -0.2) is 17.1 Å². The third kappa shape index (κ3) is 2.54. The zero-order valence-electron chi connectivity index (χ0n) is 11.8. The van der Waals surface area contributed by atoms with E-state index in [4.69, 9.17) is 4.74 Å². The molecule has 0 bridgehead atoms. The molecule has 0 radical (unpaired) electrons. The number of para-hydroxylation sites is 1. The molecule has 1 heterocycles. The van der Waals surface area contributed by atoms with Gasteiger partial charge in [-0.2, -0.15) is 5.26 Å². The highest BCUT2D eigenvalue weighted by atomic mass is 19.1. The number of aromatic amines is 1. The molecule has 4 nitrogen and oxygen atoms in total. The smallest absolute Gasteiger partial charge is 0.149 e. The van der Waals surface area contributed by atoms with E-state index in [0.29, 0.717) is 28.2 Å². The lowest BCUT2D eigenvalue weighted by atomic mass is 10.1. The van der Waals surface area contributed by atoms with Crippen molar-refractivity contribution in [1.29, 1.82) is 5.26 Å². The minimum Gasteiger partial charge on any atom is -0.496 e. The van der Waals surface area contributed by atoms with Crippen LogP contribution in [0.2, 0.25) is 0 Å². The molecule has 2 aromatic carbocycles. The summed E-state index contributed by atoms with van der Waals surface area (Å²) in [5.74, 6) is 0.710. The van der Waals surface area contributed by atoms with Crippen LogP contribution in [0.4, 0.5) is 4.39 Å². The van der Waals surface area contributed by atoms with E-state index in [1.54, 1.807) is 19.3 Å². The summed E-state index contributed by atoms with van der Waals surface area (Å²) in [6, 6.07) is 13.7. The predicted octanol–water partition coefficient (Wildman–Crippen LogP) is 3.77. The first-order valence-electron chi connectivity index (χ1n) is 6.61. The first-order valence-corrected chi connectivity index (χ1v) is 6.61. The van der Waals surface area contributed by atoms with Crippen molar-refractivity contribution < 1.29 is 9.13 Å². The molecule has 1 aromatic heterocycles. The molecule has 0 saturated heterocycles. The average Bonchev–Trinajstić information content (AvgIpc) is 2.95. The van der Waals surface area contributed by atoms with Gasteiger partial charge in [-0.3, -0.25) is 0 Å². The zero-order valence-corrected chi connectivity index (χ0v) is 11.8. The highest BCUT2D eigenvalue weighted by molar-refractivity contribution is 5.91. The molecule has 3 rings (SSSR count). The number of nitrogens with one attached hydrogen (secondary N) is 1. The molecule has 0 fully saturated rings. The van der Waals surface area contributed by atoms with E-state index in [9.17, 15) is 9.65 Å². The summed E-state index contributed by atoms with van der Waals surface area (Å²) in [5.41, 5.74) is 2.28. The lowest BCUT2D eigenvalue weighted by molar-refractivity contribution is 0.414. The van der Waals surface area contributed by atoms with Crippen LogP contribution < -0.4 is 4.74 Å². The topological polar surface area (TPSA) is 61.7 Å². The second-order valence-electron chi connectivity index (χ2n) is 4.66. The maximum atomic E-state index is 13.2. The van der Waals surface area contributed by atoms with Crippen LogP contribution >= 0.6 is 0 Å². The van der Waals surface area contributed by atoms with Crippen LogP contribution in [0.15, 0.2) is 42.5 Å². The van der Waals surface area contributed by atoms with Crippen molar-refractivity contribution in [2.75, 3.05) is 7.11 Å². The molecule has 0 atom stereocenters. The van der Waals surface area contributed by atoms with Crippen molar-refractivity contribution in [1.82, 2.24) is 9.97 Å². The molecule has 22 heavy (non-hydrogen) atoms. The Morgan fingerprint density at radius 3 is 2.91 bits per heavy atom. The summed E-state index contributed by atoms with van der Waals surface area (Å²) in [6.45, 7) is 0. The Balaban J connectivity index is 2.09. The van der Waals surface area contributed by atoms with Gasteiger partial charge in [0.05, 0.1) is 23.7 Å². The van der Waals surface area contributed by atoms with E-state index in [-0.39, 0.29) is 5.82 Å². The number of H-pyrrole nitrogens is 1. The number of nitrogens with zero attached hydrogens (tertiary/aromatic N) is 2. The Hall–Kier alpha value is -3.13. The number of methoxy groups -OCH3 is 1. The predicted molar refractivity (Wildman–Crippen MR) is 82.5 cm³/mol. The fraction of sp³-hybridized carbons (Fsp3) is 0.0588. The number of halogens is 1. The summed E-state index contributed by atoms with van der Waals surface area (Å²) < 4.78 is 18.5. The standard InChI is InChI=1S/C17H12FN3O/c1-22-16-5-3-2-4-11(16)8-12(10-19)17-20-14-7-6-13(18)9-15(14)21-17/h2-9H,1H3,(H,20,21)/b12-8-. The second kappa shape index (κ2) is 5.70. The summed E-state index contributed by atoms with van der Waals surface area (Å²) in [4.78, 5) is 7.29. The molecule has 0 aliphatic carbocycles. The number of hydrogen-bond donors (Lipinski definition) is 1. The minimum atomic E-state index is -0.352. The Morgan fingerprint density at radius 2 is 2.14 bits per heavy atom. The third-order valence-electron chi connectivity index (χ3n) is 3.26. The van der Waals surface area contributed by atoms with Gasteiger partial charge in [0.1, 0.15) is 23.5 Å². The van der Waals surface area contributed by atoms with Gasteiger partial charge >= 0.3 is 0 Å². The van der Waals surface area contributed by atoms with Crippen LogP contribution in [0.3, 0.4) is 0 Å². The van der Waals surface area contributed by atoms with Crippen molar-refractivity contribution >= 4 is 22.7 Å². The first kappa shape index (κ1) is 13.8. The van der Waals surface area contributed by atoms with Crippen LogP contribution in [-0.2, 0) is 0 Å². The molecule has 0 amide bonds. The SMILES string of the molecule is COc1ccccc1/C=C(/C#N)c1nc2ccc(F)cc2[nH]1. The number of rotatable bonds is 3. The number of ether oxygens (including phenoxy) is 1. The number of nitriles is 1. The van der Waals surface area contributed by atoms with Gasteiger partial charge in [0.15, 0.2) is 0 Å². The largest absolute Gasteiger partial charge is 0.496 e. The summed E-state index contributed by atoms with van der Waals surface area (Å²) in [5, 5.41) is 9.39. The van der Waals surface area contributed by atoms with Gasteiger partial charge in [0.25, 0.3) is 0 Å². The van der Waals surface area contributed by atoms with E-state index in [1.165, 1.54) is 12.1 Å².